The summed E-state index contributed by atoms with van der Waals surface area (Å²) in [5.74, 6) is -0.0433. The van der Waals surface area contributed by atoms with Gasteiger partial charge in [-0.15, -0.1) is 10.2 Å². The van der Waals surface area contributed by atoms with E-state index in [0.717, 1.165) is 18.5 Å². The minimum Gasteiger partial charge on any atom is -0.351 e. The topological polar surface area (TPSA) is 59.3 Å². The standard InChI is InChI=1S/C21H24N4O/c1-16-6-5-7-18(12-16)21(10-3-2-4-11-21)14-22-20(26)17-8-9-19-24-23-15-25(19)13-17/h5-9,12-13,15H,2-4,10-11,14H2,1H3,(H,22,26). The lowest BCUT2D eigenvalue weighted by Gasteiger charge is -2.38. The number of hydrogen-bond acceptors (Lipinski definition) is 3. The lowest BCUT2D eigenvalue weighted by molar-refractivity contribution is 0.0936. The fourth-order valence-corrected chi connectivity index (χ4v) is 4.08. The molecular formula is C21H24N4O. The van der Waals surface area contributed by atoms with Gasteiger partial charge in [0.1, 0.15) is 6.33 Å². The Morgan fingerprint density at radius 3 is 2.85 bits per heavy atom. The van der Waals surface area contributed by atoms with Gasteiger partial charge in [0.2, 0.25) is 0 Å². The van der Waals surface area contributed by atoms with E-state index in [1.807, 2.05) is 6.07 Å². The van der Waals surface area contributed by atoms with E-state index in [-0.39, 0.29) is 11.3 Å². The zero-order valence-corrected chi connectivity index (χ0v) is 15.1. The number of aromatic nitrogens is 3. The number of carbonyl (C=O) groups is 1. The van der Waals surface area contributed by atoms with E-state index in [2.05, 4.69) is 46.7 Å². The highest BCUT2D eigenvalue weighted by atomic mass is 16.1. The van der Waals surface area contributed by atoms with Gasteiger partial charge in [0, 0.05) is 18.2 Å². The van der Waals surface area contributed by atoms with Crippen LogP contribution in [0.1, 0.15) is 53.6 Å². The maximum absolute atomic E-state index is 12.7. The molecule has 0 atom stereocenters. The number of rotatable bonds is 4. The van der Waals surface area contributed by atoms with Crippen molar-refractivity contribution in [1.82, 2.24) is 19.9 Å². The highest BCUT2D eigenvalue weighted by molar-refractivity contribution is 5.94. The second-order valence-electron chi connectivity index (χ2n) is 7.41. The molecule has 1 fully saturated rings. The Hall–Kier alpha value is -2.69. The first-order chi connectivity index (χ1) is 12.7. The number of carbonyl (C=O) groups excluding carboxylic acids is 1. The van der Waals surface area contributed by atoms with E-state index < -0.39 is 0 Å². The zero-order chi connectivity index (χ0) is 18.0. The summed E-state index contributed by atoms with van der Waals surface area (Å²) in [5.41, 5.74) is 4.04. The Labute approximate surface area is 153 Å². The molecule has 1 amide bonds. The Morgan fingerprint density at radius 1 is 1.19 bits per heavy atom. The Morgan fingerprint density at radius 2 is 2.04 bits per heavy atom. The highest BCUT2D eigenvalue weighted by Crippen LogP contribution is 2.39. The molecule has 3 aromatic rings. The number of nitrogens with one attached hydrogen (secondary N) is 1. The van der Waals surface area contributed by atoms with Crippen molar-refractivity contribution in [2.24, 2.45) is 0 Å². The molecule has 2 heterocycles. The van der Waals surface area contributed by atoms with Crippen LogP contribution in [-0.4, -0.2) is 27.0 Å². The summed E-state index contributed by atoms with van der Waals surface area (Å²) in [4.78, 5) is 12.7. The molecule has 0 saturated heterocycles. The molecule has 4 rings (SSSR count). The molecule has 1 aliphatic rings. The van der Waals surface area contributed by atoms with Crippen LogP contribution in [0.15, 0.2) is 48.9 Å². The van der Waals surface area contributed by atoms with Crippen molar-refractivity contribution < 1.29 is 4.79 Å². The first kappa shape index (κ1) is 16.8. The third-order valence-corrected chi connectivity index (χ3v) is 5.58. The molecular weight excluding hydrogens is 324 g/mol. The number of benzene rings is 1. The monoisotopic (exact) mass is 348 g/mol. The molecule has 0 unspecified atom stereocenters. The van der Waals surface area contributed by atoms with Crippen molar-refractivity contribution in [3.8, 4) is 0 Å². The summed E-state index contributed by atoms with van der Waals surface area (Å²) >= 11 is 0. The molecule has 1 N–H and O–H groups in total. The number of pyridine rings is 1. The van der Waals surface area contributed by atoms with Crippen LogP contribution in [0.4, 0.5) is 0 Å². The van der Waals surface area contributed by atoms with E-state index in [1.54, 1.807) is 23.0 Å². The van der Waals surface area contributed by atoms with Crippen LogP contribution < -0.4 is 5.32 Å². The number of amides is 1. The van der Waals surface area contributed by atoms with Gasteiger partial charge in [-0.05, 0) is 37.5 Å². The van der Waals surface area contributed by atoms with Crippen molar-refractivity contribution in [1.29, 1.82) is 0 Å². The lowest BCUT2D eigenvalue weighted by atomic mass is 9.69. The molecule has 0 bridgehead atoms. The van der Waals surface area contributed by atoms with Crippen molar-refractivity contribution >= 4 is 11.6 Å². The van der Waals surface area contributed by atoms with Crippen molar-refractivity contribution in [3.05, 3.63) is 65.6 Å². The van der Waals surface area contributed by atoms with E-state index in [4.69, 9.17) is 0 Å². The van der Waals surface area contributed by atoms with Crippen molar-refractivity contribution in [2.45, 2.75) is 44.4 Å². The third-order valence-electron chi connectivity index (χ3n) is 5.58. The van der Waals surface area contributed by atoms with Gasteiger partial charge < -0.3 is 5.32 Å². The third kappa shape index (κ3) is 3.21. The molecule has 5 nitrogen and oxygen atoms in total. The molecule has 5 heteroatoms. The van der Waals surface area contributed by atoms with Crippen molar-refractivity contribution in [2.75, 3.05) is 6.54 Å². The maximum Gasteiger partial charge on any atom is 0.252 e. The summed E-state index contributed by atoms with van der Waals surface area (Å²) in [5, 5.41) is 11.0. The number of nitrogens with zero attached hydrogens (tertiary/aromatic N) is 3. The van der Waals surface area contributed by atoms with Gasteiger partial charge in [0.05, 0.1) is 5.56 Å². The number of aryl methyl sites for hydroxylation is 1. The van der Waals surface area contributed by atoms with E-state index in [0.29, 0.717) is 12.1 Å². The average Bonchev–Trinajstić information content (AvgIpc) is 3.14. The minimum absolute atomic E-state index is 0.0423. The molecule has 0 aliphatic heterocycles. The molecule has 0 radical (unpaired) electrons. The van der Waals surface area contributed by atoms with E-state index in [1.165, 1.54) is 30.4 Å². The molecule has 1 aliphatic carbocycles. The summed E-state index contributed by atoms with van der Waals surface area (Å²) in [6.07, 6.45) is 9.37. The second-order valence-corrected chi connectivity index (χ2v) is 7.41. The maximum atomic E-state index is 12.7. The van der Waals surface area contributed by atoms with E-state index >= 15 is 0 Å². The van der Waals surface area contributed by atoms with Gasteiger partial charge in [-0.3, -0.25) is 9.20 Å². The second kappa shape index (κ2) is 6.90. The largest absolute Gasteiger partial charge is 0.351 e. The number of hydrogen-bond donors (Lipinski definition) is 1. The van der Waals surface area contributed by atoms with Crippen LogP contribution in [0.25, 0.3) is 5.65 Å². The van der Waals surface area contributed by atoms with E-state index in [9.17, 15) is 4.79 Å². The smallest absolute Gasteiger partial charge is 0.252 e. The highest BCUT2D eigenvalue weighted by Gasteiger charge is 2.34. The van der Waals surface area contributed by atoms with Crippen LogP contribution in [-0.2, 0) is 5.41 Å². The van der Waals surface area contributed by atoms with Crippen LogP contribution in [0.3, 0.4) is 0 Å². The molecule has 0 spiro atoms. The quantitative estimate of drug-likeness (QED) is 0.782. The van der Waals surface area contributed by atoms with Crippen LogP contribution in [0.5, 0.6) is 0 Å². The Bertz CT molecular complexity index is 924. The van der Waals surface area contributed by atoms with Gasteiger partial charge >= 0.3 is 0 Å². The molecule has 1 saturated carbocycles. The fourth-order valence-electron chi connectivity index (χ4n) is 4.08. The van der Waals surface area contributed by atoms with Crippen LogP contribution >= 0.6 is 0 Å². The minimum atomic E-state index is -0.0433. The average molecular weight is 348 g/mol. The SMILES string of the molecule is Cc1cccc(C2(CNC(=O)c3ccc4nncn4c3)CCCCC2)c1. The summed E-state index contributed by atoms with van der Waals surface area (Å²) < 4.78 is 1.77. The first-order valence-corrected chi connectivity index (χ1v) is 9.31. The zero-order valence-electron chi connectivity index (χ0n) is 15.1. The number of fused-ring (bicyclic) bond motifs is 1. The van der Waals surface area contributed by atoms with Gasteiger partial charge in [0.25, 0.3) is 5.91 Å². The van der Waals surface area contributed by atoms with Gasteiger partial charge in [-0.2, -0.15) is 0 Å². The Kier molecular flexibility index (Phi) is 4.45. The summed E-state index contributed by atoms with van der Waals surface area (Å²) in [7, 11) is 0. The predicted octanol–water partition coefficient (Wildman–Crippen LogP) is 3.67. The fraction of sp³-hybridized carbons (Fsp3) is 0.381. The lowest BCUT2D eigenvalue weighted by Crippen LogP contribution is -2.42. The van der Waals surface area contributed by atoms with Crippen LogP contribution in [0.2, 0.25) is 0 Å². The molecule has 26 heavy (non-hydrogen) atoms. The Balaban J connectivity index is 1.55. The summed E-state index contributed by atoms with van der Waals surface area (Å²) in [6.45, 7) is 2.81. The molecule has 1 aromatic carbocycles. The van der Waals surface area contributed by atoms with Gasteiger partial charge in [0.15, 0.2) is 5.65 Å². The first-order valence-electron chi connectivity index (χ1n) is 9.31. The molecule has 2 aromatic heterocycles. The van der Waals surface area contributed by atoms with Gasteiger partial charge in [-0.25, -0.2) is 0 Å². The predicted molar refractivity (Wildman–Crippen MR) is 101 cm³/mol. The molecule has 134 valence electrons. The normalized spacial score (nSPS) is 16.5. The van der Waals surface area contributed by atoms with Gasteiger partial charge in [-0.1, -0.05) is 49.1 Å². The summed E-state index contributed by atoms with van der Waals surface area (Å²) in [6, 6.07) is 12.4. The van der Waals surface area contributed by atoms with Crippen molar-refractivity contribution in [3.63, 3.8) is 0 Å². The van der Waals surface area contributed by atoms with Crippen LogP contribution in [0, 0.1) is 6.92 Å².